The van der Waals surface area contributed by atoms with Gasteiger partial charge in [-0.15, -0.1) is 24.0 Å². The van der Waals surface area contributed by atoms with E-state index < -0.39 is 15.6 Å². The number of benzene rings is 1. The van der Waals surface area contributed by atoms with E-state index in [9.17, 15) is 21.6 Å². The van der Waals surface area contributed by atoms with Gasteiger partial charge in [0.05, 0.1) is 0 Å². The molecule has 0 saturated carbocycles. The van der Waals surface area contributed by atoms with Gasteiger partial charge in [-0.1, -0.05) is 12.1 Å². The summed E-state index contributed by atoms with van der Waals surface area (Å²) in [6.45, 7) is 1.60. The van der Waals surface area contributed by atoms with Gasteiger partial charge in [-0.05, 0) is 24.6 Å². The highest BCUT2D eigenvalue weighted by Gasteiger charge is 2.48. The highest BCUT2D eigenvalue weighted by atomic mass is 127. The summed E-state index contributed by atoms with van der Waals surface area (Å²) in [4.78, 5) is 0. The fourth-order valence-corrected chi connectivity index (χ4v) is 1.29. The van der Waals surface area contributed by atoms with Crippen molar-refractivity contribution in [3.63, 3.8) is 0 Å². The molecule has 0 amide bonds. The molecule has 16 heavy (non-hydrogen) atoms. The van der Waals surface area contributed by atoms with Crippen molar-refractivity contribution in [3.8, 4) is 5.75 Å². The van der Waals surface area contributed by atoms with E-state index in [0.717, 1.165) is 6.07 Å². The number of hydrogen-bond donors (Lipinski definition) is 0. The summed E-state index contributed by atoms with van der Waals surface area (Å²) in [5.74, 6) is -0.354. The summed E-state index contributed by atoms with van der Waals surface area (Å²) >= 11 is 0. The van der Waals surface area contributed by atoms with Crippen LogP contribution in [0.15, 0.2) is 24.3 Å². The molecule has 92 valence electrons. The second-order valence-corrected chi connectivity index (χ2v) is 4.34. The zero-order valence-electron chi connectivity index (χ0n) is 7.98. The molecule has 0 saturated heterocycles. The summed E-state index contributed by atoms with van der Waals surface area (Å²) in [5.41, 5.74) is -4.80. The lowest BCUT2D eigenvalue weighted by molar-refractivity contribution is -0.0500. The van der Waals surface area contributed by atoms with Gasteiger partial charge >= 0.3 is 15.6 Å². The second-order valence-electron chi connectivity index (χ2n) is 2.80. The summed E-state index contributed by atoms with van der Waals surface area (Å²) in [6.07, 6.45) is 0. The Morgan fingerprint density at radius 1 is 1.25 bits per heavy atom. The lowest BCUT2D eigenvalue weighted by Crippen LogP contribution is -2.28. The van der Waals surface area contributed by atoms with Crippen molar-refractivity contribution in [3.05, 3.63) is 29.8 Å². The topological polar surface area (TPSA) is 43.4 Å². The average molecular weight is 368 g/mol. The first-order valence-electron chi connectivity index (χ1n) is 3.80. The molecule has 0 aliphatic rings. The van der Waals surface area contributed by atoms with Gasteiger partial charge in [-0.2, -0.15) is 21.6 Å². The summed E-state index contributed by atoms with van der Waals surface area (Å²) in [5, 5.41) is 0. The molecule has 3 nitrogen and oxygen atoms in total. The molecule has 1 aromatic rings. The number of hydrogen-bond acceptors (Lipinski definition) is 3. The fraction of sp³-hybridized carbons (Fsp3) is 0.250. The predicted octanol–water partition coefficient (Wildman–Crippen LogP) is 2.84. The van der Waals surface area contributed by atoms with Crippen LogP contribution in [-0.4, -0.2) is 13.9 Å². The van der Waals surface area contributed by atoms with Gasteiger partial charge < -0.3 is 4.18 Å². The van der Waals surface area contributed by atoms with Crippen LogP contribution in [0.3, 0.4) is 0 Å². The Kier molecular flexibility index (Phi) is 5.05. The van der Waals surface area contributed by atoms with Crippen LogP contribution in [0, 0.1) is 6.92 Å². The number of aryl methyl sites for hydroxylation is 1. The van der Waals surface area contributed by atoms with Gasteiger partial charge in [-0.25, -0.2) is 0 Å². The first-order chi connectivity index (χ1) is 6.72. The van der Waals surface area contributed by atoms with E-state index in [4.69, 9.17) is 0 Å². The van der Waals surface area contributed by atoms with E-state index in [2.05, 4.69) is 4.18 Å². The SMILES string of the molecule is Cc1cccc(OS(=O)(=O)C(F)(F)F)c1.I. The van der Waals surface area contributed by atoms with Crippen molar-refractivity contribution in [1.82, 2.24) is 0 Å². The van der Waals surface area contributed by atoms with Gasteiger partial charge in [0.2, 0.25) is 0 Å². The largest absolute Gasteiger partial charge is 0.534 e. The Hall–Kier alpha value is -0.510. The van der Waals surface area contributed by atoms with Crippen LogP contribution in [0.25, 0.3) is 0 Å². The molecule has 1 aromatic carbocycles. The Bertz CT molecular complexity index is 456. The van der Waals surface area contributed by atoms with E-state index in [1.54, 1.807) is 13.0 Å². The van der Waals surface area contributed by atoms with Crippen LogP contribution < -0.4 is 4.18 Å². The van der Waals surface area contributed by atoms with Crippen LogP contribution in [0.1, 0.15) is 5.56 Å². The molecule has 0 unspecified atom stereocenters. The molecule has 0 heterocycles. The Balaban J connectivity index is 0.00000225. The molecule has 0 N–H and O–H groups in total. The van der Waals surface area contributed by atoms with Gasteiger partial charge in [0, 0.05) is 0 Å². The second kappa shape index (κ2) is 5.21. The Labute approximate surface area is 108 Å². The van der Waals surface area contributed by atoms with Gasteiger partial charge in [0.25, 0.3) is 0 Å². The van der Waals surface area contributed by atoms with E-state index in [0.29, 0.717) is 5.56 Å². The van der Waals surface area contributed by atoms with E-state index in [-0.39, 0.29) is 29.7 Å². The highest BCUT2D eigenvalue weighted by Crippen LogP contribution is 2.26. The first-order valence-corrected chi connectivity index (χ1v) is 5.20. The molecule has 0 spiro atoms. The Morgan fingerprint density at radius 3 is 2.25 bits per heavy atom. The zero-order valence-corrected chi connectivity index (χ0v) is 11.1. The highest BCUT2D eigenvalue weighted by molar-refractivity contribution is 14.0. The molecule has 0 aliphatic carbocycles. The third kappa shape index (κ3) is 3.81. The third-order valence-corrected chi connectivity index (χ3v) is 2.46. The fourth-order valence-electron chi connectivity index (χ4n) is 0.841. The van der Waals surface area contributed by atoms with Crippen molar-refractivity contribution in [2.75, 3.05) is 0 Å². The average Bonchev–Trinajstić information content (AvgIpc) is 2.00. The molecule has 0 fully saturated rings. The molecule has 0 atom stereocenters. The minimum absolute atomic E-state index is 0. The molecule has 0 radical (unpaired) electrons. The lowest BCUT2D eigenvalue weighted by Gasteiger charge is -2.09. The zero-order chi connectivity index (χ0) is 11.7. The standard InChI is InChI=1S/C8H7F3O3S.HI/c1-6-3-2-4-7(5-6)14-15(12,13)8(9,10)11;/h2-5H,1H3;1H. The van der Waals surface area contributed by atoms with Crippen LogP contribution >= 0.6 is 24.0 Å². The summed E-state index contributed by atoms with van der Waals surface area (Å²) in [6, 6.07) is 5.34. The molecular weight excluding hydrogens is 360 g/mol. The van der Waals surface area contributed by atoms with Crippen LogP contribution in [0.4, 0.5) is 13.2 Å². The van der Waals surface area contributed by atoms with Crippen molar-refractivity contribution in [2.45, 2.75) is 12.4 Å². The molecular formula is C8H8F3IO3S. The minimum Gasteiger partial charge on any atom is -0.376 e. The maximum absolute atomic E-state index is 11.9. The lowest BCUT2D eigenvalue weighted by atomic mass is 10.2. The molecule has 0 aromatic heterocycles. The van der Waals surface area contributed by atoms with Crippen molar-refractivity contribution < 1.29 is 25.8 Å². The van der Waals surface area contributed by atoms with Crippen LogP contribution in [0.2, 0.25) is 0 Å². The van der Waals surface area contributed by atoms with Crippen LogP contribution in [-0.2, 0) is 10.1 Å². The van der Waals surface area contributed by atoms with Gasteiger partial charge in [0.1, 0.15) is 5.75 Å². The molecule has 0 bridgehead atoms. The monoisotopic (exact) mass is 368 g/mol. The summed E-state index contributed by atoms with van der Waals surface area (Å²) in [7, 11) is -5.57. The van der Waals surface area contributed by atoms with Crippen molar-refractivity contribution >= 4 is 34.1 Å². The predicted molar refractivity (Wildman–Crippen MR) is 62.2 cm³/mol. The quantitative estimate of drug-likeness (QED) is 0.458. The molecule has 0 aliphatic heterocycles. The van der Waals surface area contributed by atoms with E-state index >= 15 is 0 Å². The number of alkyl halides is 3. The molecule has 8 heteroatoms. The van der Waals surface area contributed by atoms with E-state index in [1.165, 1.54) is 12.1 Å². The first kappa shape index (κ1) is 15.5. The Morgan fingerprint density at radius 2 is 1.81 bits per heavy atom. The maximum atomic E-state index is 11.9. The third-order valence-electron chi connectivity index (χ3n) is 1.48. The number of halogens is 4. The smallest absolute Gasteiger partial charge is 0.376 e. The van der Waals surface area contributed by atoms with Gasteiger partial charge in [0.15, 0.2) is 0 Å². The van der Waals surface area contributed by atoms with Crippen LogP contribution in [0.5, 0.6) is 5.75 Å². The normalized spacial score (nSPS) is 11.8. The van der Waals surface area contributed by atoms with Gasteiger partial charge in [-0.3, -0.25) is 0 Å². The molecule has 1 rings (SSSR count). The van der Waals surface area contributed by atoms with Crippen molar-refractivity contribution in [1.29, 1.82) is 0 Å². The van der Waals surface area contributed by atoms with E-state index in [1.807, 2.05) is 0 Å². The number of rotatable bonds is 2. The maximum Gasteiger partial charge on any atom is 0.534 e. The van der Waals surface area contributed by atoms with Crippen molar-refractivity contribution in [2.24, 2.45) is 0 Å². The minimum atomic E-state index is -5.57. The summed E-state index contributed by atoms with van der Waals surface area (Å²) < 4.78 is 60.8.